The first-order valence-electron chi connectivity index (χ1n) is 6.78. The molecule has 0 atom stereocenters. The summed E-state index contributed by atoms with van der Waals surface area (Å²) >= 11 is 0. The summed E-state index contributed by atoms with van der Waals surface area (Å²) < 4.78 is 17.9. The van der Waals surface area contributed by atoms with Crippen molar-refractivity contribution in [2.45, 2.75) is 77.5 Å². The molecule has 1 fully saturated rings. The summed E-state index contributed by atoms with van der Waals surface area (Å²) in [5.74, 6) is 0. The monoisotopic (exact) mass is 252 g/mol. The highest BCUT2D eigenvalue weighted by molar-refractivity contribution is 7.03. The Morgan fingerprint density at radius 1 is 1.00 bits per heavy atom. The Hall–Kier alpha value is 0.0748. The fourth-order valence-electron chi connectivity index (χ4n) is 1.53. The van der Waals surface area contributed by atoms with E-state index < -0.39 is 0 Å². The van der Waals surface area contributed by atoms with E-state index in [9.17, 15) is 0 Å². The second-order valence-electron chi connectivity index (χ2n) is 7.76. The molecule has 1 aliphatic rings. The molecule has 1 heterocycles. The SMILES string of the molecule is BC(C)(C)C(C)(C)OBB1OC(C)(C)C(C)(C)O1. The van der Waals surface area contributed by atoms with E-state index in [1.807, 2.05) is 0 Å². The lowest BCUT2D eigenvalue weighted by Crippen LogP contribution is -2.42. The quantitative estimate of drug-likeness (QED) is 0.710. The number of hydrogen-bond acceptors (Lipinski definition) is 3. The van der Waals surface area contributed by atoms with E-state index in [1.165, 1.54) is 0 Å². The largest absolute Gasteiger partial charge is 0.441 e. The molecule has 0 aromatic rings. The van der Waals surface area contributed by atoms with Crippen LogP contribution in [0.15, 0.2) is 0 Å². The van der Waals surface area contributed by atoms with Crippen molar-refractivity contribution in [3.63, 3.8) is 0 Å². The molecule has 1 rings (SSSR count). The molecule has 3 nitrogen and oxygen atoms in total. The smallest absolute Gasteiger partial charge is 0.437 e. The Morgan fingerprint density at radius 2 is 1.39 bits per heavy atom. The molecule has 102 valence electrons. The molecule has 18 heavy (non-hydrogen) atoms. The molecule has 0 N–H and O–H groups in total. The van der Waals surface area contributed by atoms with Crippen molar-refractivity contribution in [1.29, 1.82) is 0 Å². The van der Waals surface area contributed by atoms with Crippen molar-refractivity contribution >= 4 is 22.2 Å². The van der Waals surface area contributed by atoms with Crippen molar-refractivity contribution in [1.82, 2.24) is 0 Å². The summed E-state index contributed by atoms with van der Waals surface area (Å²) in [6.07, 6.45) is 0. The maximum Gasteiger partial charge on any atom is 0.441 e. The zero-order valence-electron chi connectivity index (χ0n) is 13.5. The molecule has 0 bridgehead atoms. The van der Waals surface area contributed by atoms with Gasteiger partial charge in [-0.1, -0.05) is 13.8 Å². The van der Waals surface area contributed by atoms with Gasteiger partial charge in [0, 0.05) is 5.60 Å². The van der Waals surface area contributed by atoms with Crippen molar-refractivity contribution in [2.75, 3.05) is 0 Å². The third-order valence-electron chi connectivity index (χ3n) is 4.69. The van der Waals surface area contributed by atoms with E-state index >= 15 is 0 Å². The minimum atomic E-state index is -0.285. The zero-order valence-corrected chi connectivity index (χ0v) is 13.5. The summed E-state index contributed by atoms with van der Waals surface area (Å²) in [7, 11) is 2.37. The molecule has 0 aromatic heterocycles. The summed E-state index contributed by atoms with van der Waals surface area (Å²) in [6, 6.07) is 0. The fraction of sp³-hybridized carbons (Fsp3) is 1.00. The van der Waals surface area contributed by atoms with E-state index in [0.717, 1.165) is 0 Å². The second kappa shape index (κ2) is 4.57. The predicted molar refractivity (Wildman–Crippen MR) is 81.0 cm³/mol. The van der Waals surface area contributed by atoms with Crippen molar-refractivity contribution in [3.8, 4) is 0 Å². The first kappa shape index (κ1) is 16.1. The van der Waals surface area contributed by atoms with E-state index in [4.69, 9.17) is 14.0 Å². The van der Waals surface area contributed by atoms with Gasteiger partial charge in [0.25, 0.3) is 0 Å². The van der Waals surface area contributed by atoms with Gasteiger partial charge in [-0.3, -0.25) is 0 Å². The highest BCUT2D eigenvalue weighted by Gasteiger charge is 2.52. The Kier molecular flexibility index (Phi) is 4.09. The van der Waals surface area contributed by atoms with Crippen LogP contribution >= 0.6 is 0 Å². The standard InChI is InChI=1S/C12H27B3O3/c1-9(2,13)10(3,4)16-14-15-17-11(5,6)12(7,8)18-15/h14H,13H2,1-8H3. The third kappa shape index (κ3) is 3.15. The first-order valence-corrected chi connectivity index (χ1v) is 6.78. The van der Waals surface area contributed by atoms with E-state index in [2.05, 4.69) is 63.2 Å². The van der Waals surface area contributed by atoms with Gasteiger partial charge in [-0.25, -0.2) is 0 Å². The van der Waals surface area contributed by atoms with Crippen LogP contribution in [-0.2, 0) is 14.0 Å². The van der Waals surface area contributed by atoms with Gasteiger partial charge in [0.1, 0.15) is 7.85 Å². The molecule has 0 unspecified atom stereocenters. The molecule has 0 aliphatic carbocycles. The van der Waals surface area contributed by atoms with Crippen LogP contribution in [-0.4, -0.2) is 39.0 Å². The topological polar surface area (TPSA) is 27.7 Å². The van der Waals surface area contributed by atoms with E-state index in [-0.39, 0.29) is 29.1 Å². The maximum atomic E-state index is 6.01. The summed E-state index contributed by atoms with van der Waals surface area (Å²) in [5.41, 5.74) is -0.781. The molecular formula is C12H27B3O3. The number of hydrogen-bond donors (Lipinski definition) is 0. The van der Waals surface area contributed by atoms with Gasteiger partial charge in [0.05, 0.1) is 11.2 Å². The van der Waals surface area contributed by atoms with Gasteiger partial charge in [-0.2, -0.15) is 0 Å². The van der Waals surface area contributed by atoms with Gasteiger partial charge >= 0.3 is 14.4 Å². The summed E-state index contributed by atoms with van der Waals surface area (Å²) in [4.78, 5) is 0. The molecule has 1 aliphatic heterocycles. The second-order valence-corrected chi connectivity index (χ2v) is 7.76. The van der Waals surface area contributed by atoms with Gasteiger partial charge in [-0.15, -0.1) is 0 Å². The number of rotatable bonds is 4. The molecule has 0 saturated carbocycles. The molecule has 0 aromatic carbocycles. The van der Waals surface area contributed by atoms with Crippen LogP contribution < -0.4 is 0 Å². The Labute approximate surface area is 114 Å². The van der Waals surface area contributed by atoms with Gasteiger partial charge in [0.15, 0.2) is 0 Å². The van der Waals surface area contributed by atoms with Gasteiger partial charge in [-0.05, 0) is 46.9 Å². The average Bonchev–Trinajstić information content (AvgIpc) is 2.30. The summed E-state index contributed by atoms with van der Waals surface area (Å²) in [6.45, 7) is 16.8. The van der Waals surface area contributed by atoms with E-state index in [1.54, 1.807) is 0 Å². The molecular weight excluding hydrogens is 225 g/mol. The maximum absolute atomic E-state index is 6.01. The Bertz CT molecular complexity index is 292. The van der Waals surface area contributed by atoms with E-state index in [0.29, 0.717) is 7.37 Å². The zero-order chi connectivity index (χ0) is 14.4. The Balaban J connectivity index is 2.58. The van der Waals surface area contributed by atoms with Crippen LogP contribution in [0.2, 0.25) is 5.31 Å². The normalized spacial score (nSPS) is 23.2. The van der Waals surface area contributed by atoms with Crippen molar-refractivity contribution in [3.05, 3.63) is 0 Å². The molecule has 6 heteroatoms. The molecule has 0 radical (unpaired) electrons. The van der Waals surface area contributed by atoms with Crippen LogP contribution in [0.5, 0.6) is 0 Å². The minimum absolute atomic E-state index is 0.0800. The highest BCUT2D eigenvalue weighted by Crippen LogP contribution is 2.39. The first-order chi connectivity index (χ1) is 7.79. The third-order valence-corrected chi connectivity index (χ3v) is 4.69. The van der Waals surface area contributed by atoms with Gasteiger partial charge < -0.3 is 14.0 Å². The Morgan fingerprint density at radius 3 is 1.72 bits per heavy atom. The minimum Gasteiger partial charge on any atom is -0.437 e. The molecule has 0 amide bonds. The van der Waals surface area contributed by atoms with Crippen LogP contribution in [0.1, 0.15) is 55.4 Å². The van der Waals surface area contributed by atoms with Crippen LogP contribution in [0, 0.1) is 0 Å². The predicted octanol–water partition coefficient (Wildman–Crippen LogP) is 1.55. The van der Waals surface area contributed by atoms with Crippen LogP contribution in [0.4, 0.5) is 0 Å². The molecule has 0 spiro atoms. The lowest BCUT2D eigenvalue weighted by molar-refractivity contribution is 0.00578. The van der Waals surface area contributed by atoms with Crippen molar-refractivity contribution in [2.24, 2.45) is 0 Å². The lowest BCUT2D eigenvalue weighted by atomic mass is 9.54. The van der Waals surface area contributed by atoms with Gasteiger partial charge in [0.2, 0.25) is 0 Å². The fourth-order valence-corrected chi connectivity index (χ4v) is 1.53. The lowest BCUT2D eigenvalue weighted by Gasteiger charge is -2.39. The summed E-state index contributed by atoms with van der Waals surface area (Å²) in [5, 5.41) is 0.0800. The van der Waals surface area contributed by atoms with Crippen LogP contribution in [0.25, 0.3) is 0 Å². The van der Waals surface area contributed by atoms with Crippen molar-refractivity contribution < 1.29 is 14.0 Å². The molecule has 1 saturated heterocycles. The highest BCUT2D eigenvalue weighted by atomic mass is 16.7. The van der Waals surface area contributed by atoms with Crippen LogP contribution in [0.3, 0.4) is 0 Å². The average molecular weight is 252 g/mol.